The van der Waals surface area contributed by atoms with Gasteiger partial charge < -0.3 is 0 Å². The van der Waals surface area contributed by atoms with Crippen molar-refractivity contribution in [2.24, 2.45) is 0 Å². The van der Waals surface area contributed by atoms with Gasteiger partial charge in [-0.1, -0.05) is 45.6 Å². The van der Waals surface area contributed by atoms with E-state index in [4.69, 9.17) is 0 Å². The molecule has 0 aromatic heterocycles. The second kappa shape index (κ2) is 10.4. The molecule has 0 atom stereocenters. The molecule has 1 nitrogen and oxygen atoms in total. The third-order valence-electron chi connectivity index (χ3n) is 1.97. The van der Waals surface area contributed by atoms with Crippen LogP contribution < -0.4 is 0 Å². The normalized spacial score (nSPS) is 11.1. The van der Waals surface area contributed by atoms with Crippen LogP contribution in [-0.2, 0) is 0 Å². The molecule has 0 spiro atoms. The van der Waals surface area contributed by atoms with Gasteiger partial charge in [-0.3, -0.25) is 4.31 Å². The molecule has 0 aliphatic carbocycles. The molecule has 0 saturated heterocycles. The van der Waals surface area contributed by atoms with Gasteiger partial charge in [0.2, 0.25) is 0 Å². The molecule has 0 aromatic carbocycles. The summed E-state index contributed by atoms with van der Waals surface area (Å²) in [5, 5.41) is 0. The van der Waals surface area contributed by atoms with Crippen LogP contribution in [0.1, 0.15) is 52.9 Å². The molecule has 0 rings (SSSR count). The summed E-state index contributed by atoms with van der Waals surface area (Å²) in [4.78, 5) is 0. The molecule has 13 heavy (non-hydrogen) atoms. The van der Waals surface area contributed by atoms with Crippen LogP contribution in [0.15, 0.2) is 0 Å². The quantitative estimate of drug-likeness (QED) is 0.412. The van der Waals surface area contributed by atoms with Crippen LogP contribution >= 0.6 is 11.9 Å². The molecule has 0 bridgehead atoms. The SMILES string of the molecule is CCCCCSN(CCC)CCC. The lowest BCUT2D eigenvalue weighted by Crippen LogP contribution is -2.18. The predicted molar refractivity (Wildman–Crippen MR) is 64.1 cm³/mol. The van der Waals surface area contributed by atoms with Crippen LogP contribution in [0.2, 0.25) is 0 Å². The largest absolute Gasteiger partial charge is 0.251 e. The molecular weight excluding hydrogens is 178 g/mol. The molecule has 0 aliphatic rings. The fraction of sp³-hybridized carbons (Fsp3) is 1.00. The third-order valence-corrected chi connectivity index (χ3v) is 3.17. The first kappa shape index (κ1) is 13.3. The molecule has 80 valence electrons. The van der Waals surface area contributed by atoms with Gasteiger partial charge in [-0.2, -0.15) is 0 Å². The Bertz CT molecular complexity index is 90.1. The van der Waals surface area contributed by atoms with Crippen LogP contribution in [0.3, 0.4) is 0 Å². The van der Waals surface area contributed by atoms with Crippen LogP contribution in [0, 0.1) is 0 Å². The van der Waals surface area contributed by atoms with Gasteiger partial charge in [-0.15, -0.1) is 0 Å². The summed E-state index contributed by atoms with van der Waals surface area (Å²) in [5.41, 5.74) is 0. The van der Waals surface area contributed by atoms with Crippen molar-refractivity contribution in [3.63, 3.8) is 0 Å². The number of unbranched alkanes of at least 4 members (excludes halogenated alkanes) is 2. The van der Waals surface area contributed by atoms with Gasteiger partial charge in [-0.05, 0) is 19.3 Å². The van der Waals surface area contributed by atoms with Crippen molar-refractivity contribution < 1.29 is 0 Å². The van der Waals surface area contributed by atoms with E-state index in [1.165, 1.54) is 50.9 Å². The van der Waals surface area contributed by atoms with E-state index in [-0.39, 0.29) is 0 Å². The van der Waals surface area contributed by atoms with E-state index >= 15 is 0 Å². The summed E-state index contributed by atoms with van der Waals surface area (Å²) in [6, 6.07) is 0. The number of hydrogen-bond acceptors (Lipinski definition) is 2. The summed E-state index contributed by atoms with van der Waals surface area (Å²) < 4.78 is 2.52. The van der Waals surface area contributed by atoms with Gasteiger partial charge in [0.1, 0.15) is 0 Å². The molecule has 2 heteroatoms. The highest BCUT2D eigenvalue weighted by atomic mass is 32.2. The van der Waals surface area contributed by atoms with E-state index in [0.29, 0.717) is 0 Å². The zero-order valence-corrected chi connectivity index (χ0v) is 10.3. The van der Waals surface area contributed by atoms with Crippen LogP contribution in [0.25, 0.3) is 0 Å². The van der Waals surface area contributed by atoms with E-state index in [2.05, 4.69) is 25.1 Å². The van der Waals surface area contributed by atoms with Gasteiger partial charge in [0.25, 0.3) is 0 Å². The molecule has 0 N–H and O–H groups in total. The molecule has 0 saturated carbocycles. The molecule has 0 heterocycles. The summed E-state index contributed by atoms with van der Waals surface area (Å²) >= 11 is 2.04. The minimum Gasteiger partial charge on any atom is -0.251 e. The Morgan fingerprint density at radius 2 is 1.46 bits per heavy atom. The third kappa shape index (κ3) is 8.63. The molecule has 0 aliphatic heterocycles. The summed E-state index contributed by atoms with van der Waals surface area (Å²) in [5.74, 6) is 1.31. The van der Waals surface area contributed by atoms with Crippen molar-refractivity contribution in [1.29, 1.82) is 0 Å². The molecule has 0 fully saturated rings. The van der Waals surface area contributed by atoms with E-state index in [1.807, 2.05) is 11.9 Å². The van der Waals surface area contributed by atoms with Crippen molar-refractivity contribution in [3.05, 3.63) is 0 Å². The van der Waals surface area contributed by atoms with Crippen molar-refractivity contribution in [2.75, 3.05) is 18.8 Å². The first-order valence-electron chi connectivity index (χ1n) is 5.73. The number of nitrogens with zero attached hydrogens (tertiary/aromatic N) is 1. The topological polar surface area (TPSA) is 3.24 Å². The van der Waals surface area contributed by atoms with Crippen molar-refractivity contribution in [3.8, 4) is 0 Å². The Morgan fingerprint density at radius 3 is 1.92 bits per heavy atom. The lowest BCUT2D eigenvalue weighted by Gasteiger charge is -2.19. The second-order valence-corrected chi connectivity index (χ2v) is 4.65. The van der Waals surface area contributed by atoms with Crippen LogP contribution in [0.5, 0.6) is 0 Å². The Balaban J connectivity index is 3.33. The fourth-order valence-corrected chi connectivity index (χ4v) is 2.50. The smallest absolute Gasteiger partial charge is 0.00867 e. The maximum atomic E-state index is 2.52. The van der Waals surface area contributed by atoms with E-state index < -0.39 is 0 Å². The lowest BCUT2D eigenvalue weighted by atomic mass is 10.3. The van der Waals surface area contributed by atoms with E-state index in [0.717, 1.165) is 0 Å². The Kier molecular flexibility index (Phi) is 10.6. The highest BCUT2D eigenvalue weighted by Gasteiger charge is 2.01. The maximum absolute atomic E-state index is 2.52. The Hall–Kier alpha value is 0.310. The zero-order chi connectivity index (χ0) is 9.94. The molecule has 0 unspecified atom stereocenters. The predicted octanol–water partition coefficient (Wildman–Crippen LogP) is 3.95. The first-order chi connectivity index (χ1) is 6.35. The highest BCUT2D eigenvalue weighted by Crippen LogP contribution is 2.13. The van der Waals surface area contributed by atoms with Gasteiger partial charge in [0.15, 0.2) is 0 Å². The molecule has 0 amide bonds. The van der Waals surface area contributed by atoms with Gasteiger partial charge in [-0.25, -0.2) is 0 Å². The maximum Gasteiger partial charge on any atom is 0.00867 e. The summed E-state index contributed by atoms with van der Waals surface area (Å²) in [6.45, 7) is 9.29. The molecule has 0 aromatic rings. The average Bonchev–Trinajstić information content (AvgIpc) is 2.13. The monoisotopic (exact) mass is 203 g/mol. The van der Waals surface area contributed by atoms with Crippen molar-refractivity contribution >= 4 is 11.9 Å². The first-order valence-corrected chi connectivity index (χ1v) is 6.67. The van der Waals surface area contributed by atoms with Crippen molar-refractivity contribution in [2.45, 2.75) is 52.9 Å². The minimum atomic E-state index is 1.25. The minimum absolute atomic E-state index is 1.25. The van der Waals surface area contributed by atoms with Crippen molar-refractivity contribution in [1.82, 2.24) is 4.31 Å². The van der Waals surface area contributed by atoms with Gasteiger partial charge in [0.05, 0.1) is 0 Å². The molecular formula is C11H25NS. The van der Waals surface area contributed by atoms with Gasteiger partial charge >= 0.3 is 0 Å². The lowest BCUT2D eigenvalue weighted by molar-refractivity contribution is 0.466. The van der Waals surface area contributed by atoms with Crippen LogP contribution in [-0.4, -0.2) is 23.1 Å². The summed E-state index contributed by atoms with van der Waals surface area (Å²) in [6.07, 6.45) is 6.66. The number of hydrogen-bond donors (Lipinski definition) is 0. The Morgan fingerprint density at radius 1 is 0.846 bits per heavy atom. The van der Waals surface area contributed by atoms with Crippen LogP contribution in [0.4, 0.5) is 0 Å². The Labute approximate surface area is 88.4 Å². The average molecular weight is 203 g/mol. The van der Waals surface area contributed by atoms with E-state index in [9.17, 15) is 0 Å². The van der Waals surface area contributed by atoms with E-state index in [1.54, 1.807) is 0 Å². The fourth-order valence-electron chi connectivity index (χ4n) is 1.29. The zero-order valence-electron chi connectivity index (χ0n) is 9.51. The highest BCUT2D eigenvalue weighted by molar-refractivity contribution is 7.97. The summed E-state index contributed by atoms with van der Waals surface area (Å²) in [7, 11) is 0. The second-order valence-electron chi connectivity index (χ2n) is 3.47. The molecule has 0 radical (unpaired) electrons. The number of rotatable bonds is 9. The van der Waals surface area contributed by atoms with Gasteiger partial charge in [0, 0.05) is 18.8 Å². The standard InChI is InChI=1S/C11H25NS/c1-4-7-8-11-13-12(9-5-2)10-6-3/h4-11H2,1-3H3.